The number of aryl methyl sites for hydroxylation is 2. The number of nitrogens with zero attached hydrogens (tertiary/aromatic N) is 5. The highest BCUT2D eigenvalue weighted by atomic mass is 127. The first-order chi connectivity index (χ1) is 13.1. The van der Waals surface area contributed by atoms with E-state index < -0.39 is 0 Å². The van der Waals surface area contributed by atoms with Crippen molar-refractivity contribution in [3.63, 3.8) is 0 Å². The molecule has 0 saturated carbocycles. The second-order valence-electron chi connectivity index (χ2n) is 6.86. The van der Waals surface area contributed by atoms with Crippen molar-refractivity contribution in [2.45, 2.75) is 26.9 Å². The summed E-state index contributed by atoms with van der Waals surface area (Å²) in [4.78, 5) is 13.6. The monoisotopic (exact) mass is 499 g/mol. The van der Waals surface area contributed by atoms with E-state index in [9.17, 15) is 0 Å². The summed E-state index contributed by atoms with van der Waals surface area (Å²) < 4.78 is 5.21. The molecule has 1 aliphatic heterocycles. The van der Waals surface area contributed by atoms with Crippen LogP contribution in [0.25, 0.3) is 0 Å². The number of piperazine rings is 1. The number of rotatable bonds is 5. The molecular weight excluding hydrogens is 469 g/mol. The Labute approximate surface area is 183 Å². The molecule has 0 unspecified atom stereocenters. The van der Waals surface area contributed by atoms with Gasteiger partial charge in [-0.2, -0.15) is 0 Å². The van der Waals surface area contributed by atoms with E-state index in [1.54, 1.807) is 7.05 Å². The van der Waals surface area contributed by atoms with Crippen LogP contribution in [-0.2, 0) is 13.1 Å². The van der Waals surface area contributed by atoms with Gasteiger partial charge in [-0.25, -0.2) is 4.98 Å². The number of aliphatic imine (C=N–C) groups is 1. The van der Waals surface area contributed by atoms with Crippen LogP contribution in [0, 0.1) is 13.8 Å². The number of anilines is 1. The third kappa shape index (κ3) is 5.57. The summed E-state index contributed by atoms with van der Waals surface area (Å²) in [6.07, 6.45) is 1.86. The maximum atomic E-state index is 5.21. The van der Waals surface area contributed by atoms with Crippen LogP contribution in [0.15, 0.2) is 27.8 Å². The fourth-order valence-electron chi connectivity index (χ4n) is 3.20. The molecule has 28 heavy (non-hydrogen) atoms. The maximum Gasteiger partial charge on any atom is 0.191 e. The van der Waals surface area contributed by atoms with E-state index in [-0.39, 0.29) is 24.0 Å². The Hall–Kier alpha value is -1.88. The van der Waals surface area contributed by atoms with Crippen molar-refractivity contribution in [2.24, 2.45) is 4.99 Å². The van der Waals surface area contributed by atoms with Gasteiger partial charge in [-0.15, -0.1) is 24.0 Å². The Balaban J connectivity index is 0.00000280. The van der Waals surface area contributed by atoms with Gasteiger partial charge in [-0.1, -0.05) is 11.2 Å². The van der Waals surface area contributed by atoms with Gasteiger partial charge in [0.05, 0.1) is 5.69 Å². The van der Waals surface area contributed by atoms with Crippen molar-refractivity contribution in [1.82, 2.24) is 25.7 Å². The molecule has 0 spiro atoms. The van der Waals surface area contributed by atoms with Crippen LogP contribution in [-0.4, -0.2) is 61.3 Å². The van der Waals surface area contributed by atoms with Gasteiger partial charge in [0.15, 0.2) is 5.96 Å². The van der Waals surface area contributed by atoms with Crippen molar-refractivity contribution >= 4 is 35.8 Å². The van der Waals surface area contributed by atoms with E-state index >= 15 is 0 Å². The molecule has 2 aromatic heterocycles. The summed E-state index contributed by atoms with van der Waals surface area (Å²) >= 11 is 0. The van der Waals surface area contributed by atoms with Gasteiger partial charge in [0.2, 0.25) is 0 Å². The van der Waals surface area contributed by atoms with Crippen LogP contribution >= 0.6 is 24.0 Å². The fourth-order valence-corrected chi connectivity index (χ4v) is 3.20. The Kier molecular flexibility index (Phi) is 8.49. The molecule has 1 fully saturated rings. The van der Waals surface area contributed by atoms with Gasteiger partial charge >= 0.3 is 0 Å². The molecule has 0 atom stereocenters. The number of nitrogens with one attached hydrogen (secondary N) is 2. The average molecular weight is 499 g/mol. The van der Waals surface area contributed by atoms with E-state index in [0.717, 1.165) is 55.0 Å². The fraction of sp³-hybridized carbons (Fsp3) is 0.526. The number of hydrogen-bond acceptors (Lipinski definition) is 6. The SMILES string of the molecule is CN=C(NCc1cccnc1N1CCN(C)CC1)NCc1c(C)noc1C.I. The van der Waals surface area contributed by atoms with Crippen LogP contribution in [0.3, 0.4) is 0 Å². The van der Waals surface area contributed by atoms with Gasteiger partial charge < -0.3 is 25.0 Å². The summed E-state index contributed by atoms with van der Waals surface area (Å²) in [5, 5.41) is 10.7. The molecule has 0 aromatic carbocycles. The minimum absolute atomic E-state index is 0. The Morgan fingerprint density at radius 1 is 1.18 bits per heavy atom. The molecule has 3 rings (SSSR count). The second-order valence-corrected chi connectivity index (χ2v) is 6.86. The summed E-state index contributed by atoms with van der Waals surface area (Å²) in [5.41, 5.74) is 3.14. The van der Waals surface area contributed by atoms with E-state index in [1.165, 1.54) is 5.56 Å². The molecule has 3 heterocycles. The summed E-state index contributed by atoms with van der Waals surface area (Å²) in [5.74, 6) is 2.63. The molecule has 1 aliphatic rings. The van der Waals surface area contributed by atoms with Crippen molar-refractivity contribution in [2.75, 3.05) is 45.2 Å². The molecule has 0 amide bonds. The van der Waals surface area contributed by atoms with E-state index in [1.807, 2.05) is 26.1 Å². The van der Waals surface area contributed by atoms with Gasteiger partial charge in [-0.3, -0.25) is 4.99 Å². The maximum absolute atomic E-state index is 5.21. The first-order valence-corrected chi connectivity index (χ1v) is 9.32. The number of pyridine rings is 1. The Bertz CT molecular complexity index is 765. The first-order valence-electron chi connectivity index (χ1n) is 9.32. The standard InChI is InChI=1S/C19H29N7O.HI/c1-14-17(15(2)27-24-14)13-23-19(20-3)22-12-16-6-5-7-21-18(16)26-10-8-25(4)9-11-26;/h5-7H,8-13H2,1-4H3,(H2,20,22,23);1H. The molecular formula is C19H30IN7O. The van der Waals surface area contributed by atoms with Gasteiger partial charge in [0.1, 0.15) is 11.6 Å². The number of guanidine groups is 1. The van der Waals surface area contributed by atoms with Gasteiger partial charge in [-0.05, 0) is 27.0 Å². The average Bonchev–Trinajstić information content (AvgIpc) is 3.01. The van der Waals surface area contributed by atoms with E-state index in [0.29, 0.717) is 13.1 Å². The predicted molar refractivity (Wildman–Crippen MR) is 122 cm³/mol. The predicted octanol–water partition coefficient (Wildman–Crippen LogP) is 1.92. The smallest absolute Gasteiger partial charge is 0.191 e. The van der Waals surface area contributed by atoms with Crippen LogP contribution < -0.4 is 15.5 Å². The molecule has 2 aromatic rings. The van der Waals surface area contributed by atoms with Crippen LogP contribution in [0.4, 0.5) is 5.82 Å². The molecule has 9 heteroatoms. The summed E-state index contributed by atoms with van der Waals surface area (Å²) in [7, 11) is 3.93. The van der Waals surface area contributed by atoms with Crippen molar-refractivity contribution in [3.8, 4) is 0 Å². The highest BCUT2D eigenvalue weighted by Crippen LogP contribution is 2.18. The molecule has 2 N–H and O–H groups in total. The van der Waals surface area contributed by atoms with Crippen LogP contribution in [0.1, 0.15) is 22.6 Å². The number of likely N-dealkylation sites (N-methyl/N-ethyl adjacent to an activating group) is 1. The van der Waals surface area contributed by atoms with Crippen molar-refractivity contribution in [1.29, 1.82) is 0 Å². The lowest BCUT2D eigenvalue weighted by atomic mass is 10.2. The third-order valence-electron chi connectivity index (χ3n) is 4.95. The zero-order chi connectivity index (χ0) is 19.2. The molecule has 0 aliphatic carbocycles. The Morgan fingerprint density at radius 3 is 2.54 bits per heavy atom. The number of aromatic nitrogens is 2. The number of halogens is 1. The summed E-state index contributed by atoms with van der Waals surface area (Å²) in [6.45, 7) is 9.27. The van der Waals surface area contributed by atoms with Crippen molar-refractivity contribution in [3.05, 3.63) is 40.9 Å². The largest absolute Gasteiger partial charge is 0.361 e. The highest BCUT2D eigenvalue weighted by Gasteiger charge is 2.18. The summed E-state index contributed by atoms with van der Waals surface area (Å²) in [6, 6.07) is 4.10. The van der Waals surface area contributed by atoms with Gasteiger partial charge in [0.25, 0.3) is 0 Å². The number of hydrogen-bond donors (Lipinski definition) is 2. The lowest BCUT2D eigenvalue weighted by molar-refractivity contribution is 0.312. The first kappa shape index (κ1) is 22.4. The van der Waals surface area contributed by atoms with Crippen LogP contribution in [0.2, 0.25) is 0 Å². The quantitative estimate of drug-likeness (QED) is 0.370. The molecule has 8 nitrogen and oxygen atoms in total. The third-order valence-corrected chi connectivity index (χ3v) is 4.95. The normalized spacial score (nSPS) is 15.3. The topological polar surface area (TPSA) is 81.8 Å². The second kappa shape index (κ2) is 10.6. The van der Waals surface area contributed by atoms with Crippen molar-refractivity contribution < 1.29 is 4.52 Å². The Morgan fingerprint density at radius 2 is 1.89 bits per heavy atom. The lowest BCUT2D eigenvalue weighted by Crippen LogP contribution is -2.45. The highest BCUT2D eigenvalue weighted by molar-refractivity contribution is 14.0. The van der Waals surface area contributed by atoms with E-state index in [2.05, 4.69) is 48.7 Å². The molecule has 154 valence electrons. The lowest BCUT2D eigenvalue weighted by Gasteiger charge is -2.34. The van der Waals surface area contributed by atoms with Gasteiger partial charge in [0, 0.05) is 63.6 Å². The zero-order valence-electron chi connectivity index (χ0n) is 17.0. The minimum Gasteiger partial charge on any atom is -0.361 e. The zero-order valence-corrected chi connectivity index (χ0v) is 19.4. The molecule has 0 radical (unpaired) electrons. The molecule has 0 bridgehead atoms. The van der Waals surface area contributed by atoms with E-state index in [4.69, 9.17) is 4.52 Å². The van der Waals surface area contributed by atoms with Crippen LogP contribution in [0.5, 0.6) is 0 Å². The molecule has 1 saturated heterocycles. The minimum atomic E-state index is 0.